The Morgan fingerprint density at radius 1 is 1.09 bits per heavy atom. The number of carboxylic acids is 1. The third-order valence-electron chi connectivity index (χ3n) is 4.78. The second-order valence-corrected chi connectivity index (χ2v) is 12.0. The second kappa shape index (κ2) is 11.5. The molecule has 0 amide bonds. The van der Waals surface area contributed by atoms with Crippen LogP contribution in [0.1, 0.15) is 78.1 Å². The van der Waals surface area contributed by atoms with E-state index in [1.54, 1.807) is 12.1 Å². The zero-order chi connectivity index (χ0) is 26.4. The molecule has 8 nitrogen and oxygen atoms in total. The van der Waals surface area contributed by atoms with Crippen molar-refractivity contribution >= 4 is 41.4 Å². The Morgan fingerprint density at radius 3 is 2.26 bits per heavy atom. The van der Waals surface area contributed by atoms with Gasteiger partial charge in [0.05, 0.1) is 10.6 Å². The van der Waals surface area contributed by atoms with Crippen molar-refractivity contribution in [2.45, 2.75) is 83.8 Å². The Bertz CT molecular complexity index is 1040. The van der Waals surface area contributed by atoms with E-state index in [-0.39, 0.29) is 22.9 Å². The molecule has 0 spiro atoms. The first kappa shape index (κ1) is 28.7. The highest BCUT2D eigenvalue weighted by molar-refractivity contribution is 8.00. The molecule has 35 heavy (non-hydrogen) atoms. The fourth-order valence-electron chi connectivity index (χ4n) is 3.63. The predicted molar refractivity (Wildman–Crippen MR) is 138 cm³/mol. The van der Waals surface area contributed by atoms with Gasteiger partial charge in [-0.2, -0.15) is 0 Å². The number of anilines is 1. The lowest BCUT2D eigenvalue weighted by Crippen LogP contribution is -2.35. The number of esters is 1. The Labute approximate surface area is 216 Å². The summed E-state index contributed by atoms with van der Waals surface area (Å²) in [5, 5.41) is 9.37. The van der Waals surface area contributed by atoms with E-state index in [4.69, 9.17) is 26.2 Å². The topological polar surface area (TPSA) is 111 Å². The molecular weight excluding hydrogens is 490 g/mol. The molecule has 2 rings (SSSR count). The van der Waals surface area contributed by atoms with Crippen molar-refractivity contribution in [2.24, 2.45) is 5.41 Å². The summed E-state index contributed by atoms with van der Waals surface area (Å²) >= 11 is 7.73. The summed E-state index contributed by atoms with van der Waals surface area (Å²) in [6.45, 7) is 13.8. The molecular formula is C25H34ClN3O5S. The van der Waals surface area contributed by atoms with Gasteiger partial charge in [-0.1, -0.05) is 25.4 Å². The third kappa shape index (κ3) is 10.3. The van der Waals surface area contributed by atoms with Crippen molar-refractivity contribution in [3.05, 3.63) is 41.2 Å². The standard InChI is InChI=1S/C25H34ClN3O5S/c1-23(2,3)34-20(30)10-11-24(4,5)15-25(6,7)33-19-9-8-17(12-18(19)26)35-29-22-27-13-16(14-28-22)21(31)32/h8-9,12-14H,10-11,15H2,1-7H3,(H,31,32)(H,27,28,29). The van der Waals surface area contributed by atoms with Gasteiger partial charge in [-0.3, -0.25) is 9.52 Å². The number of rotatable bonds is 11. The lowest BCUT2D eigenvalue weighted by molar-refractivity contribution is -0.155. The number of hydrogen-bond acceptors (Lipinski definition) is 8. The first-order valence-electron chi connectivity index (χ1n) is 11.2. The number of aromatic nitrogens is 2. The lowest BCUT2D eigenvalue weighted by atomic mass is 9.78. The van der Waals surface area contributed by atoms with Crippen LogP contribution in [0.5, 0.6) is 5.75 Å². The Balaban J connectivity index is 1.93. The highest BCUT2D eigenvalue weighted by Gasteiger charge is 2.32. The molecule has 0 aliphatic carbocycles. The van der Waals surface area contributed by atoms with E-state index in [1.807, 2.05) is 40.7 Å². The van der Waals surface area contributed by atoms with Gasteiger partial charge in [0.1, 0.15) is 17.0 Å². The fourth-order valence-corrected chi connectivity index (χ4v) is 4.54. The molecule has 0 bridgehead atoms. The molecule has 2 aromatic rings. The molecule has 0 fully saturated rings. The normalized spacial score (nSPS) is 12.2. The van der Waals surface area contributed by atoms with Crippen molar-refractivity contribution in [1.82, 2.24) is 9.97 Å². The number of aromatic carboxylic acids is 1. The van der Waals surface area contributed by atoms with E-state index in [0.29, 0.717) is 30.0 Å². The van der Waals surface area contributed by atoms with Gasteiger partial charge in [0, 0.05) is 23.7 Å². The number of ether oxygens (including phenoxy) is 2. The molecule has 0 saturated heterocycles. The third-order valence-corrected chi connectivity index (χ3v) is 5.85. The van der Waals surface area contributed by atoms with Gasteiger partial charge in [0.25, 0.3) is 0 Å². The van der Waals surface area contributed by atoms with Gasteiger partial charge in [-0.05, 0) is 83.0 Å². The van der Waals surface area contributed by atoms with Gasteiger partial charge < -0.3 is 14.6 Å². The van der Waals surface area contributed by atoms with Gasteiger partial charge >= 0.3 is 11.9 Å². The van der Waals surface area contributed by atoms with E-state index in [9.17, 15) is 9.59 Å². The number of hydrogen-bond donors (Lipinski definition) is 2. The van der Waals surface area contributed by atoms with E-state index in [0.717, 1.165) is 4.90 Å². The van der Waals surface area contributed by atoms with E-state index in [2.05, 4.69) is 28.5 Å². The Hall–Kier alpha value is -2.52. The summed E-state index contributed by atoms with van der Waals surface area (Å²) in [5.41, 5.74) is -1.14. The molecule has 0 unspecified atom stereocenters. The minimum Gasteiger partial charge on any atom is -0.486 e. The van der Waals surface area contributed by atoms with Crippen LogP contribution < -0.4 is 9.46 Å². The molecule has 1 heterocycles. The number of nitrogens with one attached hydrogen (secondary N) is 1. The van der Waals surface area contributed by atoms with E-state index >= 15 is 0 Å². The van der Waals surface area contributed by atoms with Crippen molar-refractivity contribution in [2.75, 3.05) is 4.72 Å². The molecule has 0 atom stereocenters. The van der Waals surface area contributed by atoms with Crippen LogP contribution in [0.4, 0.5) is 5.95 Å². The zero-order valence-electron chi connectivity index (χ0n) is 21.3. The number of benzene rings is 1. The molecule has 1 aromatic carbocycles. The van der Waals surface area contributed by atoms with Gasteiger partial charge in [0.15, 0.2) is 0 Å². The number of carboxylic acid groups (broad SMARTS) is 1. The molecule has 0 aliphatic heterocycles. The van der Waals surface area contributed by atoms with Crippen LogP contribution in [0.15, 0.2) is 35.5 Å². The first-order valence-corrected chi connectivity index (χ1v) is 12.4. The smallest absolute Gasteiger partial charge is 0.338 e. The highest BCUT2D eigenvalue weighted by atomic mass is 35.5. The minimum atomic E-state index is -1.08. The van der Waals surface area contributed by atoms with Crippen LogP contribution in [0, 0.1) is 5.41 Å². The van der Waals surface area contributed by atoms with Crippen LogP contribution in [-0.4, -0.2) is 38.2 Å². The highest BCUT2D eigenvalue weighted by Crippen LogP contribution is 2.38. The van der Waals surface area contributed by atoms with Crippen molar-refractivity contribution in [3.63, 3.8) is 0 Å². The number of carbonyl (C=O) groups excluding carboxylic acids is 1. The van der Waals surface area contributed by atoms with Gasteiger partial charge in [0.2, 0.25) is 5.95 Å². The summed E-state index contributed by atoms with van der Waals surface area (Å²) in [7, 11) is 0. The monoisotopic (exact) mass is 523 g/mol. The average Bonchev–Trinajstić information content (AvgIpc) is 2.71. The van der Waals surface area contributed by atoms with E-state index < -0.39 is 17.2 Å². The SMILES string of the molecule is CC(C)(CCC(=O)OC(C)(C)C)CC(C)(C)Oc1ccc(SNc2ncc(C(=O)O)cn2)cc1Cl. The van der Waals surface area contributed by atoms with Crippen molar-refractivity contribution in [1.29, 1.82) is 0 Å². The number of nitrogens with zero attached hydrogens (tertiary/aromatic N) is 2. The summed E-state index contributed by atoms with van der Waals surface area (Å²) in [5.74, 6) is -0.435. The minimum absolute atomic E-state index is 0.0146. The van der Waals surface area contributed by atoms with E-state index in [1.165, 1.54) is 24.3 Å². The molecule has 192 valence electrons. The number of carbonyl (C=O) groups is 2. The maximum atomic E-state index is 12.1. The zero-order valence-corrected chi connectivity index (χ0v) is 22.8. The molecule has 0 saturated carbocycles. The summed E-state index contributed by atoms with van der Waals surface area (Å²) in [6, 6.07) is 5.42. The lowest BCUT2D eigenvalue weighted by Gasteiger charge is -2.35. The van der Waals surface area contributed by atoms with Gasteiger partial charge in [-0.15, -0.1) is 0 Å². The average molecular weight is 524 g/mol. The molecule has 0 aliphatic rings. The Morgan fingerprint density at radius 2 is 1.71 bits per heavy atom. The molecule has 2 N–H and O–H groups in total. The summed E-state index contributed by atoms with van der Waals surface area (Å²) in [6.07, 6.45) is 4.21. The largest absolute Gasteiger partial charge is 0.486 e. The van der Waals surface area contributed by atoms with Crippen molar-refractivity contribution < 1.29 is 24.2 Å². The second-order valence-electron chi connectivity index (χ2n) is 10.7. The molecule has 1 aromatic heterocycles. The quantitative estimate of drug-likeness (QED) is 0.247. The van der Waals surface area contributed by atoms with Crippen LogP contribution >= 0.6 is 23.5 Å². The van der Waals surface area contributed by atoms with Crippen LogP contribution in [-0.2, 0) is 9.53 Å². The predicted octanol–water partition coefficient (Wildman–Crippen LogP) is 6.64. The molecule has 10 heteroatoms. The fraction of sp³-hybridized carbons (Fsp3) is 0.520. The Kier molecular flexibility index (Phi) is 9.42. The maximum Gasteiger partial charge on any atom is 0.338 e. The van der Waals surface area contributed by atoms with Crippen LogP contribution in [0.25, 0.3) is 0 Å². The summed E-state index contributed by atoms with van der Waals surface area (Å²) in [4.78, 5) is 31.8. The van der Waals surface area contributed by atoms with Crippen LogP contribution in [0.2, 0.25) is 5.02 Å². The van der Waals surface area contributed by atoms with Crippen LogP contribution in [0.3, 0.4) is 0 Å². The summed E-state index contributed by atoms with van der Waals surface area (Å²) < 4.78 is 14.6. The van der Waals surface area contributed by atoms with Gasteiger partial charge in [-0.25, -0.2) is 14.8 Å². The number of halogens is 1. The molecule has 0 radical (unpaired) electrons. The first-order chi connectivity index (χ1) is 16.1. The maximum absolute atomic E-state index is 12.1. The van der Waals surface area contributed by atoms with Crippen molar-refractivity contribution in [3.8, 4) is 5.75 Å².